The third-order valence-electron chi connectivity index (χ3n) is 8.30. The molecule has 2 aliphatic heterocycles. The summed E-state index contributed by atoms with van der Waals surface area (Å²) in [7, 11) is 0. The predicted octanol–water partition coefficient (Wildman–Crippen LogP) is 6.10. The summed E-state index contributed by atoms with van der Waals surface area (Å²) in [6, 6.07) is 8.32. The van der Waals surface area contributed by atoms with Crippen molar-refractivity contribution in [3.05, 3.63) is 69.5 Å². The first-order chi connectivity index (χ1) is 20.1. The molecule has 0 radical (unpaired) electrons. The summed E-state index contributed by atoms with van der Waals surface area (Å²) in [4.78, 5) is 24.2. The lowest BCUT2D eigenvalue weighted by Crippen LogP contribution is -2.35. The van der Waals surface area contributed by atoms with Crippen molar-refractivity contribution in [2.45, 2.75) is 72.9 Å². The first-order valence-electron chi connectivity index (χ1n) is 14.7. The van der Waals surface area contributed by atoms with Crippen molar-refractivity contribution < 1.29 is 18.4 Å². The van der Waals surface area contributed by atoms with Gasteiger partial charge in [-0.2, -0.15) is 5.26 Å². The number of aromatic nitrogens is 2. The minimum absolute atomic E-state index is 0.0508. The van der Waals surface area contributed by atoms with Crippen LogP contribution in [0, 0.1) is 42.7 Å². The number of nitrogens with zero attached hydrogens (tertiary/aromatic N) is 3. The summed E-state index contributed by atoms with van der Waals surface area (Å²) in [5, 5.41) is 16.0. The highest BCUT2D eigenvalue weighted by Gasteiger charge is 2.26. The van der Waals surface area contributed by atoms with E-state index in [9.17, 15) is 18.4 Å². The molecule has 0 spiro atoms. The Balaban J connectivity index is 0.000000168. The van der Waals surface area contributed by atoms with E-state index in [1.54, 1.807) is 12.1 Å². The number of nitriles is 1. The van der Waals surface area contributed by atoms with Crippen LogP contribution in [-0.2, 0) is 25.9 Å². The van der Waals surface area contributed by atoms with Crippen LogP contribution >= 0.6 is 0 Å². The van der Waals surface area contributed by atoms with Crippen LogP contribution in [0.1, 0.15) is 76.3 Å². The summed E-state index contributed by atoms with van der Waals surface area (Å²) >= 11 is 0. The van der Waals surface area contributed by atoms with Gasteiger partial charge in [0.25, 0.3) is 11.8 Å². The fourth-order valence-corrected chi connectivity index (χ4v) is 6.35. The summed E-state index contributed by atoms with van der Waals surface area (Å²) < 4.78 is 31.9. The second kappa shape index (κ2) is 12.0. The number of carbonyl (C=O) groups is 2. The van der Waals surface area contributed by atoms with E-state index in [1.165, 1.54) is 12.1 Å². The Kier molecular flexibility index (Phi) is 8.35. The number of carbonyl (C=O) groups excluding carboxylic acids is 2. The van der Waals surface area contributed by atoms with Crippen LogP contribution < -0.4 is 10.6 Å². The highest BCUT2D eigenvalue weighted by Crippen LogP contribution is 2.33. The SMILES string of the molecule is Cc1c2n(c3c(CCC(C)C)cc(F)cc13)CCNC2=O.Cc1c2n(c3c(CCCC#N)cc(F)cc13)CCNC2=O. The maximum absolute atomic E-state index is 14.0. The highest BCUT2D eigenvalue weighted by molar-refractivity contribution is 6.04. The Hall–Kier alpha value is -4.19. The number of amides is 2. The topological polar surface area (TPSA) is 91.8 Å². The van der Waals surface area contributed by atoms with E-state index in [0.29, 0.717) is 56.2 Å². The van der Waals surface area contributed by atoms with Crippen LogP contribution in [0.4, 0.5) is 8.78 Å². The number of hydrogen-bond acceptors (Lipinski definition) is 3. The Labute approximate surface area is 244 Å². The van der Waals surface area contributed by atoms with Gasteiger partial charge in [-0.1, -0.05) is 13.8 Å². The van der Waals surface area contributed by atoms with Crippen LogP contribution in [-0.4, -0.2) is 34.0 Å². The third-order valence-corrected chi connectivity index (χ3v) is 8.30. The molecule has 0 fully saturated rings. The van der Waals surface area contributed by atoms with Crippen LogP contribution in [0.2, 0.25) is 0 Å². The molecule has 2 aromatic heterocycles. The molecule has 2 aromatic carbocycles. The average molecular weight is 574 g/mol. The van der Waals surface area contributed by atoms with Gasteiger partial charge in [0.1, 0.15) is 23.0 Å². The monoisotopic (exact) mass is 573 g/mol. The summed E-state index contributed by atoms with van der Waals surface area (Å²) in [6.07, 6.45) is 3.65. The Bertz CT molecular complexity index is 1740. The van der Waals surface area contributed by atoms with Crippen molar-refractivity contribution in [3.8, 4) is 6.07 Å². The van der Waals surface area contributed by atoms with E-state index < -0.39 is 0 Å². The summed E-state index contributed by atoms with van der Waals surface area (Å²) in [5.74, 6) is -0.0828. The molecule has 2 N–H and O–H groups in total. The number of unbranched alkanes of at least 4 members (excludes halogenated alkanes) is 1. The molecule has 0 atom stereocenters. The van der Waals surface area contributed by atoms with Gasteiger partial charge >= 0.3 is 0 Å². The van der Waals surface area contributed by atoms with Gasteiger partial charge in [-0.3, -0.25) is 9.59 Å². The molecule has 2 amide bonds. The second-order valence-corrected chi connectivity index (χ2v) is 11.6. The number of aryl methyl sites for hydroxylation is 4. The van der Waals surface area contributed by atoms with E-state index >= 15 is 0 Å². The molecular weight excluding hydrogens is 536 g/mol. The molecule has 6 rings (SSSR count). The zero-order valence-electron chi connectivity index (χ0n) is 24.7. The van der Waals surface area contributed by atoms with Gasteiger partial charge in [0.15, 0.2) is 0 Å². The predicted molar refractivity (Wildman–Crippen MR) is 160 cm³/mol. The molecule has 0 unspecified atom stereocenters. The maximum atomic E-state index is 14.0. The molecule has 0 saturated carbocycles. The van der Waals surface area contributed by atoms with Crippen molar-refractivity contribution in [2.75, 3.05) is 13.1 Å². The lowest BCUT2D eigenvalue weighted by Gasteiger charge is -2.18. The second-order valence-electron chi connectivity index (χ2n) is 11.6. The first kappa shape index (κ1) is 29.3. The molecule has 220 valence electrons. The Morgan fingerprint density at radius 2 is 1.31 bits per heavy atom. The lowest BCUT2D eigenvalue weighted by atomic mass is 10.00. The van der Waals surface area contributed by atoms with Gasteiger partial charge in [0.05, 0.1) is 17.1 Å². The van der Waals surface area contributed by atoms with E-state index in [0.717, 1.165) is 63.4 Å². The first-order valence-corrected chi connectivity index (χ1v) is 14.7. The number of rotatable bonds is 6. The normalized spacial score (nSPS) is 14.2. The molecule has 2 aliphatic rings. The molecule has 0 saturated heterocycles. The van der Waals surface area contributed by atoms with Crippen LogP contribution in [0.15, 0.2) is 24.3 Å². The van der Waals surface area contributed by atoms with E-state index in [-0.39, 0.29) is 23.4 Å². The van der Waals surface area contributed by atoms with Crippen LogP contribution in [0.25, 0.3) is 21.8 Å². The van der Waals surface area contributed by atoms with Crippen LogP contribution in [0.5, 0.6) is 0 Å². The largest absolute Gasteiger partial charge is 0.349 e. The highest BCUT2D eigenvalue weighted by atomic mass is 19.1. The Morgan fingerprint density at radius 3 is 1.76 bits per heavy atom. The number of fused-ring (bicyclic) bond motifs is 6. The van der Waals surface area contributed by atoms with E-state index in [1.807, 2.05) is 18.4 Å². The maximum Gasteiger partial charge on any atom is 0.268 e. The third kappa shape index (κ3) is 5.38. The van der Waals surface area contributed by atoms with Crippen LogP contribution in [0.3, 0.4) is 0 Å². The van der Waals surface area contributed by atoms with Crippen molar-refractivity contribution in [3.63, 3.8) is 0 Å². The molecule has 9 heteroatoms. The molecule has 4 heterocycles. The number of nitrogens with one attached hydrogen (secondary N) is 2. The average Bonchev–Trinajstić information content (AvgIpc) is 3.40. The lowest BCUT2D eigenvalue weighted by molar-refractivity contribution is 0.0920. The fourth-order valence-electron chi connectivity index (χ4n) is 6.35. The molecule has 0 bridgehead atoms. The van der Waals surface area contributed by atoms with Gasteiger partial charge in [-0.05, 0) is 92.0 Å². The van der Waals surface area contributed by atoms with Gasteiger partial charge in [-0.25, -0.2) is 8.78 Å². The van der Waals surface area contributed by atoms with Crippen molar-refractivity contribution in [1.29, 1.82) is 5.26 Å². The van der Waals surface area contributed by atoms with Gasteiger partial charge in [0.2, 0.25) is 0 Å². The van der Waals surface area contributed by atoms with Crippen molar-refractivity contribution >= 4 is 33.6 Å². The summed E-state index contributed by atoms with van der Waals surface area (Å²) in [5.41, 5.74) is 6.90. The van der Waals surface area contributed by atoms with Gasteiger partial charge in [0, 0.05) is 43.4 Å². The molecule has 42 heavy (non-hydrogen) atoms. The minimum atomic E-state index is -0.291. The van der Waals surface area contributed by atoms with E-state index in [2.05, 4.69) is 35.1 Å². The van der Waals surface area contributed by atoms with Crippen molar-refractivity contribution in [1.82, 2.24) is 19.8 Å². The van der Waals surface area contributed by atoms with Gasteiger partial charge < -0.3 is 19.8 Å². The molecule has 0 aliphatic carbocycles. The molecular formula is C33H37F2N5O2. The standard InChI is InChI=1S/C17H21FN2O.C16H16FN3O/c1-10(2)4-5-12-8-13(18)9-14-11(3)15-17(21)19-6-7-20(15)16(12)14;1-10-13-9-12(17)8-11(4-2-3-5-18)15(13)20-7-6-19-16(21)14(10)20/h8-10H,4-7H2,1-3H3,(H,19,21);8-9H,2-4,6-7H2,1H3,(H,19,21). The number of halogens is 2. The van der Waals surface area contributed by atoms with E-state index in [4.69, 9.17) is 5.26 Å². The summed E-state index contributed by atoms with van der Waals surface area (Å²) in [6.45, 7) is 10.8. The van der Waals surface area contributed by atoms with Crippen molar-refractivity contribution in [2.24, 2.45) is 5.92 Å². The quantitative estimate of drug-likeness (QED) is 0.273. The van der Waals surface area contributed by atoms with Gasteiger partial charge in [-0.15, -0.1) is 0 Å². The smallest absolute Gasteiger partial charge is 0.268 e. The fraction of sp³-hybridized carbons (Fsp3) is 0.424. The molecule has 4 aromatic rings. The zero-order chi connectivity index (χ0) is 30.1. The number of benzene rings is 2. The number of hydrogen-bond donors (Lipinski definition) is 2. The molecule has 7 nitrogen and oxygen atoms in total. The zero-order valence-corrected chi connectivity index (χ0v) is 24.7. The Morgan fingerprint density at radius 1 is 0.833 bits per heavy atom. The minimum Gasteiger partial charge on any atom is -0.349 e.